The first-order valence-electron chi connectivity index (χ1n) is 9.74. The molecule has 0 fully saturated rings. The number of aryl methyl sites for hydroxylation is 3. The summed E-state index contributed by atoms with van der Waals surface area (Å²) in [5.41, 5.74) is 5.47. The molecule has 2 atom stereocenters. The van der Waals surface area contributed by atoms with Gasteiger partial charge in [-0.2, -0.15) is 0 Å². The van der Waals surface area contributed by atoms with E-state index in [-0.39, 0.29) is 6.61 Å². The van der Waals surface area contributed by atoms with Gasteiger partial charge in [0.25, 0.3) is 0 Å². The number of fused-ring (bicyclic) bond motifs is 1. The van der Waals surface area contributed by atoms with Gasteiger partial charge in [-0.15, -0.1) is 0 Å². The second kappa shape index (κ2) is 8.13. The van der Waals surface area contributed by atoms with Gasteiger partial charge in [-0.3, -0.25) is 0 Å². The van der Waals surface area contributed by atoms with Crippen LogP contribution < -0.4 is 4.74 Å². The summed E-state index contributed by atoms with van der Waals surface area (Å²) in [7, 11) is 0. The van der Waals surface area contributed by atoms with E-state index in [0.29, 0.717) is 12.5 Å². The van der Waals surface area contributed by atoms with Crippen molar-refractivity contribution < 1.29 is 9.84 Å². The average molecular weight is 367 g/mol. The van der Waals surface area contributed by atoms with Crippen LogP contribution in [0.2, 0.25) is 0 Å². The maximum Gasteiger partial charge on any atom is 0.125 e. The van der Waals surface area contributed by atoms with E-state index in [9.17, 15) is 5.11 Å². The van der Waals surface area contributed by atoms with Gasteiger partial charge in [0.15, 0.2) is 0 Å². The maximum absolute atomic E-state index is 10.7. The quantitative estimate of drug-likeness (QED) is 0.646. The van der Waals surface area contributed by atoms with Crippen LogP contribution in [-0.2, 0) is 6.54 Å². The van der Waals surface area contributed by atoms with E-state index in [2.05, 4.69) is 43.5 Å². The highest BCUT2D eigenvalue weighted by molar-refractivity contribution is 5.76. The van der Waals surface area contributed by atoms with Crippen molar-refractivity contribution in [3.8, 4) is 5.75 Å². The minimum absolute atomic E-state index is 0.261. The molecule has 0 saturated heterocycles. The number of hydrogen-bond acceptors (Lipinski definition) is 3. The Morgan fingerprint density at radius 3 is 2.44 bits per heavy atom. The molecule has 4 heteroatoms. The SMILES string of the molecule is CCC(C)c1nc2ccccc2n1CC(O)COc1c(C)cc(C)cc1C. The Hall–Kier alpha value is -2.33. The summed E-state index contributed by atoms with van der Waals surface area (Å²) in [5.74, 6) is 2.24. The second-order valence-corrected chi connectivity index (χ2v) is 7.57. The number of aliphatic hydroxyl groups excluding tert-OH is 1. The Kier molecular flexibility index (Phi) is 5.85. The zero-order valence-electron chi connectivity index (χ0n) is 17.0. The lowest BCUT2D eigenvalue weighted by Gasteiger charge is -2.19. The fraction of sp³-hybridized carbons (Fsp3) is 0.435. The number of para-hydroxylation sites is 2. The third kappa shape index (κ3) is 4.16. The van der Waals surface area contributed by atoms with Crippen LogP contribution in [0.1, 0.15) is 48.7 Å². The molecule has 27 heavy (non-hydrogen) atoms. The monoisotopic (exact) mass is 366 g/mol. The Labute approximate surface area is 161 Å². The molecule has 0 aliphatic carbocycles. The third-order valence-electron chi connectivity index (χ3n) is 5.16. The number of ether oxygens (including phenoxy) is 1. The van der Waals surface area contributed by atoms with Crippen molar-refractivity contribution >= 4 is 11.0 Å². The van der Waals surface area contributed by atoms with Gasteiger partial charge in [0.2, 0.25) is 0 Å². The van der Waals surface area contributed by atoms with E-state index < -0.39 is 6.10 Å². The van der Waals surface area contributed by atoms with Gasteiger partial charge in [-0.1, -0.05) is 43.7 Å². The van der Waals surface area contributed by atoms with Crippen LogP contribution in [0, 0.1) is 20.8 Å². The van der Waals surface area contributed by atoms with E-state index in [0.717, 1.165) is 40.2 Å². The molecule has 2 aromatic carbocycles. The molecule has 0 bridgehead atoms. The predicted octanol–water partition coefficient (Wildman–Crippen LogP) is 4.91. The fourth-order valence-corrected chi connectivity index (χ4v) is 3.68. The van der Waals surface area contributed by atoms with Crippen LogP contribution in [0.3, 0.4) is 0 Å². The minimum Gasteiger partial charge on any atom is -0.490 e. The Bertz CT molecular complexity index is 906. The first-order chi connectivity index (χ1) is 12.9. The number of rotatable bonds is 7. The van der Waals surface area contributed by atoms with Gasteiger partial charge in [-0.05, 0) is 50.5 Å². The first kappa shape index (κ1) is 19.4. The van der Waals surface area contributed by atoms with Gasteiger partial charge < -0.3 is 14.4 Å². The van der Waals surface area contributed by atoms with Crippen molar-refractivity contribution in [2.45, 2.75) is 59.6 Å². The smallest absolute Gasteiger partial charge is 0.125 e. The van der Waals surface area contributed by atoms with Gasteiger partial charge in [0.1, 0.15) is 24.3 Å². The Balaban J connectivity index is 1.79. The van der Waals surface area contributed by atoms with Crippen molar-refractivity contribution in [2.75, 3.05) is 6.61 Å². The van der Waals surface area contributed by atoms with Gasteiger partial charge in [-0.25, -0.2) is 4.98 Å². The summed E-state index contributed by atoms with van der Waals surface area (Å²) in [5, 5.41) is 10.7. The molecular weight excluding hydrogens is 336 g/mol. The lowest BCUT2D eigenvalue weighted by molar-refractivity contribution is 0.0918. The summed E-state index contributed by atoms with van der Waals surface area (Å²) < 4.78 is 8.13. The first-order valence-corrected chi connectivity index (χ1v) is 9.74. The van der Waals surface area contributed by atoms with Crippen molar-refractivity contribution in [2.24, 2.45) is 0 Å². The zero-order valence-corrected chi connectivity index (χ0v) is 17.0. The summed E-state index contributed by atoms with van der Waals surface area (Å²) in [6.07, 6.45) is 0.406. The number of nitrogens with zero attached hydrogens (tertiary/aromatic N) is 2. The van der Waals surface area contributed by atoms with Crippen LogP contribution >= 0.6 is 0 Å². The molecule has 0 spiro atoms. The largest absolute Gasteiger partial charge is 0.490 e. The highest BCUT2D eigenvalue weighted by atomic mass is 16.5. The zero-order chi connectivity index (χ0) is 19.6. The van der Waals surface area contributed by atoms with E-state index in [4.69, 9.17) is 9.72 Å². The van der Waals surface area contributed by atoms with E-state index in [1.807, 2.05) is 32.0 Å². The lowest BCUT2D eigenvalue weighted by Crippen LogP contribution is -2.25. The highest BCUT2D eigenvalue weighted by Crippen LogP contribution is 2.26. The molecule has 0 saturated carbocycles. The summed E-state index contributed by atoms with van der Waals surface area (Å²) in [4.78, 5) is 4.80. The predicted molar refractivity (Wildman–Crippen MR) is 111 cm³/mol. The Morgan fingerprint density at radius 2 is 1.78 bits per heavy atom. The van der Waals surface area contributed by atoms with E-state index in [1.54, 1.807) is 0 Å². The summed E-state index contributed by atoms with van der Waals surface area (Å²) in [6.45, 7) is 11.3. The van der Waals surface area contributed by atoms with Crippen molar-refractivity contribution in [3.63, 3.8) is 0 Å². The molecule has 4 nitrogen and oxygen atoms in total. The molecule has 0 radical (unpaired) electrons. The highest BCUT2D eigenvalue weighted by Gasteiger charge is 2.18. The van der Waals surface area contributed by atoms with Crippen LogP contribution in [0.25, 0.3) is 11.0 Å². The van der Waals surface area contributed by atoms with E-state index >= 15 is 0 Å². The lowest BCUT2D eigenvalue weighted by atomic mass is 10.1. The van der Waals surface area contributed by atoms with Crippen LogP contribution in [0.4, 0.5) is 0 Å². The average Bonchev–Trinajstić information content (AvgIpc) is 2.98. The minimum atomic E-state index is -0.606. The Morgan fingerprint density at radius 1 is 1.11 bits per heavy atom. The van der Waals surface area contributed by atoms with Crippen LogP contribution in [0.5, 0.6) is 5.75 Å². The maximum atomic E-state index is 10.7. The molecule has 0 aliphatic rings. The third-order valence-corrected chi connectivity index (χ3v) is 5.16. The number of aromatic nitrogens is 2. The van der Waals surface area contributed by atoms with Crippen molar-refractivity contribution in [1.82, 2.24) is 9.55 Å². The van der Waals surface area contributed by atoms with Gasteiger partial charge >= 0.3 is 0 Å². The molecule has 0 amide bonds. The molecule has 3 rings (SSSR count). The molecule has 144 valence electrons. The molecular formula is C23H30N2O2. The fourth-order valence-electron chi connectivity index (χ4n) is 3.68. The number of benzene rings is 2. The standard InChI is InChI=1S/C23H30N2O2/c1-6-16(3)23-24-20-9-7-8-10-21(20)25(23)13-19(26)14-27-22-17(4)11-15(2)12-18(22)5/h7-12,16,19,26H,6,13-14H2,1-5H3. The molecule has 1 N–H and O–H groups in total. The van der Waals surface area contributed by atoms with Crippen LogP contribution in [0.15, 0.2) is 36.4 Å². The second-order valence-electron chi connectivity index (χ2n) is 7.57. The summed E-state index contributed by atoms with van der Waals surface area (Å²) >= 11 is 0. The van der Waals surface area contributed by atoms with Crippen molar-refractivity contribution in [1.29, 1.82) is 0 Å². The van der Waals surface area contributed by atoms with E-state index in [1.165, 1.54) is 5.56 Å². The van der Waals surface area contributed by atoms with Gasteiger partial charge in [0, 0.05) is 5.92 Å². The summed E-state index contributed by atoms with van der Waals surface area (Å²) in [6, 6.07) is 12.3. The molecule has 1 aromatic heterocycles. The van der Waals surface area contributed by atoms with Crippen molar-refractivity contribution in [3.05, 3.63) is 58.9 Å². The van der Waals surface area contributed by atoms with Gasteiger partial charge in [0.05, 0.1) is 17.6 Å². The van der Waals surface area contributed by atoms with Crippen LogP contribution in [-0.4, -0.2) is 27.4 Å². The topological polar surface area (TPSA) is 47.3 Å². The number of imidazole rings is 1. The molecule has 1 heterocycles. The molecule has 3 aromatic rings. The normalized spacial score (nSPS) is 13.7. The molecule has 0 aliphatic heterocycles. The molecule has 2 unspecified atom stereocenters. The number of aliphatic hydroxyl groups is 1. The number of hydrogen-bond donors (Lipinski definition) is 1.